The van der Waals surface area contributed by atoms with Gasteiger partial charge in [-0.15, -0.1) is 0 Å². The number of rotatable bonds is 4. The van der Waals surface area contributed by atoms with Crippen molar-refractivity contribution in [2.24, 2.45) is 0 Å². The molecule has 2 rings (SSSR count). The number of carbonyl (C=O) groups is 1. The fourth-order valence-corrected chi connectivity index (χ4v) is 1.21. The molecule has 17 heavy (non-hydrogen) atoms. The lowest BCUT2D eigenvalue weighted by Crippen LogP contribution is -1.94. The van der Waals surface area contributed by atoms with Crippen molar-refractivity contribution in [1.29, 1.82) is 0 Å². The van der Waals surface area contributed by atoms with Gasteiger partial charge in [-0.25, -0.2) is 4.98 Å². The van der Waals surface area contributed by atoms with Gasteiger partial charge < -0.3 is 9.47 Å². The molecule has 0 atom stereocenters. The standard InChI is InChI=1S/C12H10N2O3/c1-16-11-6-7-13-12(14-11)17-10-4-2-9(8-15)3-5-10/h2-8H,1H3. The Labute approximate surface area is 98.0 Å². The van der Waals surface area contributed by atoms with E-state index in [0.717, 1.165) is 6.29 Å². The van der Waals surface area contributed by atoms with Gasteiger partial charge in [0.25, 0.3) is 0 Å². The molecule has 0 aliphatic heterocycles. The maximum Gasteiger partial charge on any atom is 0.325 e. The lowest BCUT2D eigenvalue weighted by Gasteiger charge is -2.04. The van der Waals surface area contributed by atoms with Crippen molar-refractivity contribution >= 4 is 6.29 Å². The van der Waals surface area contributed by atoms with Crippen LogP contribution in [0.4, 0.5) is 0 Å². The summed E-state index contributed by atoms with van der Waals surface area (Å²) in [6, 6.07) is 8.48. The molecule has 0 N–H and O–H groups in total. The molecule has 0 fully saturated rings. The van der Waals surface area contributed by atoms with E-state index in [0.29, 0.717) is 17.2 Å². The molecule has 1 heterocycles. The Bertz CT molecular complexity index is 511. The van der Waals surface area contributed by atoms with E-state index in [2.05, 4.69) is 9.97 Å². The summed E-state index contributed by atoms with van der Waals surface area (Å²) in [5.74, 6) is 0.989. The maximum absolute atomic E-state index is 10.5. The maximum atomic E-state index is 10.5. The highest BCUT2D eigenvalue weighted by molar-refractivity contribution is 5.74. The van der Waals surface area contributed by atoms with Crippen molar-refractivity contribution in [1.82, 2.24) is 9.97 Å². The van der Waals surface area contributed by atoms with E-state index in [9.17, 15) is 4.79 Å². The molecule has 86 valence electrons. The van der Waals surface area contributed by atoms with Gasteiger partial charge in [0.15, 0.2) is 0 Å². The molecule has 0 saturated carbocycles. The predicted octanol–water partition coefficient (Wildman–Crippen LogP) is 2.09. The van der Waals surface area contributed by atoms with Crippen LogP contribution in [0.3, 0.4) is 0 Å². The second-order valence-corrected chi connectivity index (χ2v) is 3.17. The highest BCUT2D eigenvalue weighted by atomic mass is 16.5. The van der Waals surface area contributed by atoms with Gasteiger partial charge in [0.05, 0.1) is 7.11 Å². The minimum Gasteiger partial charge on any atom is -0.481 e. The van der Waals surface area contributed by atoms with Gasteiger partial charge in [0.1, 0.15) is 12.0 Å². The van der Waals surface area contributed by atoms with Crippen molar-refractivity contribution < 1.29 is 14.3 Å². The van der Waals surface area contributed by atoms with E-state index < -0.39 is 0 Å². The van der Waals surface area contributed by atoms with E-state index in [1.54, 1.807) is 36.5 Å². The van der Waals surface area contributed by atoms with Crippen LogP contribution in [0.2, 0.25) is 0 Å². The fourth-order valence-electron chi connectivity index (χ4n) is 1.21. The van der Waals surface area contributed by atoms with Crippen LogP contribution in [0.25, 0.3) is 0 Å². The third-order valence-corrected chi connectivity index (χ3v) is 2.04. The third-order valence-electron chi connectivity index (χ3n) is 2.04. The highest BCUT2D eigenvalue weighted by Crippen LogP contribution is 2.19. The summed E-state index contributed by atoms with van der Waals surface area (Å²) in [4.78, 5) is 18.4. The quantitative estimate of drug-likeness (QED) is 0.752. The Kier molecular flexibility index (Phi) is 3.30. The molecule has 0 spiro atoms. The number of methoxy groups -OCH3 is 1. The summed E-state index contributed by atoms with van der Waals surface area (Å²) in [6.07, 6.45) is 2.31. The molecule has 1 aromatic carbocycles. The van der Waals surface area contributed by atoms with Crippen molar-refractivity contribution in [3.8, 4) is 17.6 Å². The second-order valence-electron chi connectivity index (χ2n) is 3.17. The van der Waals surface area contributed by atoms with Crippen molar-refractivity contribution in [3.63, 3.8) is 0 Å². The lowest BCUT2D eigenvalue weighted by molar-refractivity contribution is 0.112. The molecule has 0 aliphatic rings. The number of carbonyl (C=O) groups excluding carboxylic acids is 1. The van der Waals surface area contributed by atoms with E-state index in [4.69, 9.17) is 9.47 Å². The number of hydrogen-bond donors (Lipinski definition) is 0. The molecule has 0 saturated heterocycles. The predicted molar refractivity (Wildman–Crippen MR) is 60.5 cm³/mol. The number of nitrogens with zero attached hydrogens (tertiary/aromatic N) is 2. The molecular formula is C12H10N2O3. The molecule has 2 aromatic rings. The zero-order valence-electron chi connectivity index (χ0n) is 9.16. The van der Waals surface area contributed by atoms with Crippen molar-refractivity contribution in [3.05, 3.63) is 42.1 Å². The van der Waals surface area contributed by atoms with E-state index in [1.165, 1.54) is 7.11 Å². The summed E-state index contributed by atoms with van der Waals surface area (Å²) in [6.45, 7) is 0. The Hall–Kier alpha value is -2.43. The summed E-state index contributed by atoms with van der Waals surface area (Å²) in [5, 5.41) is 0. The van der Waals surface area contributed by atoms with Crippen LogP contribution in [-0.2, 0) is 0 Å². The van der Waals surface area contributed by atoms with Gasteiger partial charge >= 0.3 is 6.01 Å². The number of aldehydes is 1. The summed E-state index contributed by atoms with van der Waals surface area (Å²) >= 11 is 0. The van der Waals surface area contributed by atoms with Crippen LogP contribution in [-0.4, -0.2) is 23.4 Å². The molecule has 5 nitrogen and oxygen atoms in total. The van der Waals surface area contributed by atoms with Gasteiger partial charge in [0, 0.05) is 17.8 Å². The Morgan fingerprint density at radius 2 is 1.94 bits per heavy atom. The zero-order valence-corrected chi connectivity index (χ0v) is 9.16. The van der Waals surface area contributed by atoms with E-state index >= 15 is 0 Å². The molecule has 0 aliphatic carbocycles. The van der Waals surface area contributed by atoms with Gasteiger partial charge in [-0.3, -0.25) is 4.79 Å². The largest absolute Gasteiger partial charge is 0.481 e. The third kappa shape index (κ3) is 2.78. The average Bonchev–Trinajstić information content (AvgIpc) is 2.40. The van der Waals surface area contributed by atoms with Crippen LogP contribution < -0.4 is 9.47 Å². The average molecular weight is 230 g/mol. The first-order valence-corrected chi connectivity index (χ1v) is 4.92. The molecule has 0 unspecified atom stereocenters. The van der Waals surface area contributed by atoms with Crippen LogP contribution in [0.1, 0.15) is 10.4 Å². The molecule has 0 amide bonds. The Morgan fingerprint density at radius 1 is 1.18 bits per heavy atom. The zero-order chi connectivity index (χ0) is 12.1. The first kappa shape index (κ1) is 11.1. The monoisotopic (exact) mass is 230 g/mol. The molecular weight excluding hydrogens is 220 g/mol. The smallest absolute Gasteiger partial charge is 0.325 e. The number of ether oxygens (including phenoxy) is 2. The van der Waals surface area contributed by atoms with Crippen molar-refractivity contribution in [2.75, 3.05) is 7.11 Å². The van der Waals surface area contributed by atoms with Gasteiger partial charge in [-0.2, -0.15) is 4.98 Å². The summed E-state index contributed by atoms with van der Waals surface area (Å²) < 4.78 is 10.4. The minimum absolute atomic E-state index is 0.197. The molecule has 5 heteroatoms. The van der Waals surface area contributed by atoms with Crippen LogP contribution in [0.15, 0.2) is 36.5 Å². The SMILES string of the molecule is COc1ccnc(Oc2ccc(C=O)cc2)n1. The lowest BCUT2D eigenvalue weighted by atomic mass is 10.2. The summed E-state index contributed by atoms with van der Waals surface area (Å²) in [7, 11) is 1.52. The topological polar surface area (TPSA) is 61.3 Å². The summed E-state index contributed by atoms with van der Waals surface area (Å²) in [5.41, 5.74) is 0.587. The minimum atomic E-state index is 0.197. The number of benzene rings is 1. The fraction of sp³-hybridized carbons (Fsp3) is 0.0833. The molecule has 0 bridgehead atoms. The Balaban J connectivity index is 2.15. The van der Waals surface area contributed by atoms with E-state index in [1.807, 2.05) is 0 Å². The first-order valence-electron chi connectivity index (χ1n) is 4.92. The van der Waals surface area contributed by atoms with Crippen LogP contribution in [0, 0.1) is 0 Å². The van der Waals surface area contributed by atoms with Crippen LogP contribution in [0.5, 0.6) is 17.6 Å². The van der Waals surface area contributed by atoms with Crippen LogP contribution >= 0.6 is 0 Å². The van der Waals surface area contributed by atoms with Crippen molar-refractivity contribution in [2.45, 2.75) is 0 Å². The number of aromatic nitrogens is 2. The van der Waals surface area contributed by atoms with Gasteiger partial charge in [-0.05, 0) is 24.3 Å². The molecule has 1 aromatic heterocycles. The normalized spacial score (nSPS) is 9.71. The van der Waals surface area contributed by atoms with E-state index in [-0.39, 0.29) is 6.01 Å². The Morgan fingerprint density at radius 3 is 2.59 bits per heavy atom. The molecule has 0 radical (unpaired) electrons. The highest BCUT2D eigenvalue weighted by Gasteiger charge is 2.02. The second kappa shape index (κ2) is 5.07. The number of hydrogen-bond acceptors (Lipinski definition) is 5. The first-order chi connectivity index (χ1) is 8.31. The van der Waals surface area contributed by atoms with Gasteiger partial charge in [0.2, 0.25) is 5.88 Å². The van der Waals surface area contributed by atoms with Gasteiger partial charge in [-0.1, -0.05) is 0 Å².